The summed E-state index contributed by atoms with van der Waals surface area (Å²) in [7, 11) is 0. The van der Waals surface area contributed by atoms with Gasteiger partial charge < -0.3 is 9.13 Å². The number of aromatic nitrogens is 6. The number of nitrogens with zero attached hydrogens (tertiary/aromatic N) is 6. The molecular formula is C69H38N6S3. The Bertz CT molecular complexity index is 5360. The predicted molar refractivity (Wildman–Crippen MR) is 332 cm³/mol. The number of benzene rings is 11. The van der Waals surface area contributed by atoms with Crippen molar-refractivity contribution in [1.82, 2.24) is 28.7 Å². The Morgan fingerprint density at radius 2 is 0.577 bits per heavy atom. The molecule has 0 aliphatic carbocycles. The molecule has 362 valence electrons. The molecule has 0 saturated heterocycles. The van der Waals surface area contributed by atoms with E-state index in [1.807, 2.05) is 34.0 Å². The topological polar surface area (TPSA) is 53.5 Å². The Kier molecular flexibility index (Phi) is 8.76. The highest BCUT2D eigenvalue weighted by Crippen LogP contribution is 2.45. The summed E-state index contributed by atoms with van der Waals surface area (Å²) in [5, 5.41) is 14.8. The van der Waals surface area contributed by atoms with E-state index >= 15 is 0 Å². The minimum absolute atomic E-state index is 0.558. The molecule has 78 heavy (non-hydrogen) atoms. The minimum Gasteiger partial charge on any atom is -0.309 e. The number of hydrogen-bond acceptors (Lipinski definition) is 6. The smallest absolute Gasteiger partial charge is 0.238 e. The molecule has 7 heterocycles. The van der Waals surface area contributed by atoms with Crippen molar-refractivity contribution in [2.45, 2.75) is 0 Å². The van der Waals surface area contributed by atoms with E-state index in [1.165, 1.54) is 82.1 Å². The summed E-state index contributed by atoms with van der Waals surface area (Å²) in [5.41, 5.74) is 10.6. The van der Waals surface area contributed by atoms with E-state index in [0.29, 0.717) is 17.6 Å². The molecule has 18 rings (SSSR count). The summed E-state index contributed by atoms with van der Waals surface area (Å²) in [5.74, 6) is 1.74. The Morgan fingerprint density at radius 3 is 0.987 bits per heavy atom. The van der Waals surface area contributed by atoms with E-state index in [2.05, 4.69) is 244 Å². The van der Waals surface area contributed by atoms with Crippen molar-refractivity contribution in [3.8, 4) is 40.1 Å². The highest BCUT2D eigenvalue weighted by atomic mass is 32.1. The Morgan fingerprint density at radius 1 is 0.231 bits per heavy atom. The number of thiophene rings is 3. The van der Waals surface area contributed by atoms with Crippen molar-refractivity contribution >= 4 is 160 Å². The molecule has 0 aliphatic rings. The zero-order valence-corrected chi connectivity index (χ0v) is 43.8. The monoisotopic (exact) mass is 1050 g/mol. The minimum atomic E-state index is 0.558. The van der Waals surface area contributed by atoms with E-state index < -0.39 is 0 Å². The van der Waals surface area contributed by atoms with E-state index in [9.17, 15) is 0 Å². The lowest BCUT2D eigenvalue weighted by atomic mass is 10.1. The van der Waals surface area contributed by atoms with Crippen molar-refractivity contribution in [1.29, 1.82) is 0 Å². The third kappa shape index (κ3) is 6.08. The van der Waals surface area contributed by atoms with Gasteiger partial charge in [-0.3, -0.25) is 4.57 Å². The second-order valence-corrected chi connectivity index (χ2v) is 23.6. The van der Waals surface area contributed by atoms with Crippen LogP contribution in [0.4, 0.5) is 0 Å². The second-order valence-electron chi connectivity index (χ2n) is 20.3. The Balaban J connectivity index is 0.882. The van der Waals surface area contributed by atoms with Gasteiger partial charge >= 0.3 is 0 Å². The van der Waals surface area contributed by atoms with Crippen LogP contribution in [0.15, 0.2) is 231 Å². The fourth-order valence-electron chi connectivity index (χ4n) is 12.6. The SMILES string of the molecule is c1cc(-c2nc(-c3cccc(-n4c5ccccc5c5cc6sc7ccccc7c6cc54)c3)nc(-n3c4ccccc4c4cc5sc6ccccc6c5cc43)n2)cc(-n2c3ccccc3c3cc4sc5ccccc5c4cc32)c1. The van der Waals surface area contributed by atoms with Gasteiger partial charge in [0.1, 0.15) is 0 Å². The number of fused-ring (bicyclic) bond motifs is 18. The van der Waals surface area contributed by atoms with E-state index in [-0.39, 0.29) is 0 Å². The number of para-hydroxylation sites is 3. The maximum atomic E-state index is 5.55. The van der Waals surface area contributed by atoms with Crippen LogP contribution in [0, 0.1) is 0 Å². The molecule has 0 atom stereocenters. The van der Waals surface area contributed by atoms with Crippen LogP contribution in [-0.4, -0.2) is 28.7 Å². The average Bonchev–Trinajstić information content (AvgIpc) is 4.54. The van der Waals surface area contributed by atoms with Gasteiger partial charge in [0, 0.05) is 115 Å². The van der Waals surface area contributed by atoms with Gasteiger partial charge in [0.2, 0.25) is 5.95 Å². The zero-order chi connectivity index (χ0) is 50.7. The lowest BCUT2D eigenvalue weighted by Gasteiger charge is -2.14. The van der Waals surface area contributed by atoms with Gasteiger partial charge in [-0.2, -0.15) is 9.97 Å². The molecule has 0 bridgehead atoms. The predicted octanol–water partition coefficient (Wildman–Crippen LogP) is 19.6. The van der Waals surface area contributed by atoms with Gasteiger partial charge in [0.05, 0.1) is 33.1 Å². The third-order valence-electron chi connectivity index (χ3n) is 16.1. The van der Waals surface area contributed by atoms with Crippen LogP contribution in [0.2, 0.25) is 0 Å². The van der Waals surface area contributed by atoms with Gasteiger partial charge in [-0.15, -0.1) is 34.0 Å². The first-order chi connectivity index (χ1) is 38.6. The first-order valence-corrected chi connectivity index (χ1v) is 28.6. The van der Waals surface area contributed by atoms with Crippen LogP contribution in [0.5, 0.6) is 0 Å². The molecule has 0 aliphatic heterocycles. The molecule has 0 unspecified atom stereocenters. The molecule has 0 amide bonds. The van der Waals surface area contributed by atoms with Crippen molar-refractivity contribution in [2.24, 2.45) is 0 Å². The average molecular weight is 1050 g/mol. The van der Waals surface area contributed by atoms with Gasteiger partial charge in [-0.1, -0.05) is 133 Å². The van der Waals surface area contributed by atoms with E-state index in [0.717, 1.165) is 66.4 Å². The zero-order valence-electron chi connectivity index (χ0n) is 41.3. The van der Waals surface area contributed by atoms with E-state index in [4.69, 9.17) is 15.0 Å². The van der Waals surface area contributed by atoms with Gasteiger partial charge in [0.15, 0.2) is 11.6 Å². The molecule has 11 aromatic carbocycles. The van der Waals surface area contributed by atoms with Gasteiger partial charge in [-0.25, -0.2) is 4.98 Å². The van der Waals surface area contributed by atoms with Crippen molar-refractivity contribution in [3.05, 3.63) is 231 Å². The fraction of sp³-hybridized carbons (Fsp3) is 0. The lowest BCUT2D eigenvalue weighted by Crippen LogP contribution is -2.07. The fourth-order valence-corrected chi connectivity index (χ4v) is 16.0. The van der Waals surface area contributed by atoms with Crippen molar-refractivity contribution in [3.63, 3.8) is 0 Å². The molecule has 0 N–H and O–H groups in total. The lowest BCUT2D eigenvalue weighted by molar-refractivity contribution is 0.953. The van der Waals surface area contributed by atoms with Crippen LogP contribution < -0.4 is 0 Å². The number of hydrogen-bond donors (Lipinski definition) is 0. The summed E-state index contributed by atoms with van der Waals surface area (Å²) >= 11 is 5.56. The highest BCUT2D eigenvalue weighted by molar-refractivity contribution is 7.26. The normalized spacial score (nSPS) is 12.4. The number of rotatable bonds is 5. The summed E-state index contributed by atoms with van der Waals surface area (Å²) in [6, 6.07) is 84.1. The largest absolute Gasteiger partial charge is 0.309 e. The summed E-state index contributed by atoms with van der Waals surface area (Å²) in [6.07, 6.45) is 0. The summed E-state index contributed by atoms with van der Waals surface area (Å²) in [6.45, 7) is 0. The molecule has 0 spiro atoms. The van der Waals surface area contributed by atoms with Gasteiger partial charge in [0.25, 0.3) is 0 Å². The van der Waals surface area contributed by atoms with Crippen LogP contribution in [0.3, 0.4) is 0 Å². The second kappa shape index (κ2) is 16.0. The molecule has 18 aromatic rings. The van der Waals surface area contributed by atoms with Crippen molar-refractivity contribution < 1.29 is 0 Å². The molecule has 0 fully saturated rings. The Labute approximate surface area is 456 Å². The van der Waals surface area contributed by atoms with E-state index in [1.54, 1.807) is 0 Å². The molecule has 9 heteroatoms. The van der Waals surface area contributed by atoms with Gasteiger partial charge in [-0.05, 0) is 97.1 Å². The summed E-state index contributed by atoms with van der Waals surface area (Å²) < 4.78 is 14.8. The quantitative estimate of drug-likeness (QED) is 0.173. The molecule has 7 aromatic heterocycles. The van der Waals surface area contributed by atoms with Crippen molar-refractivity contribution in [2.75, 3.05) is 0 Å². The van der Waals surface area contributed by atoms with Crippen LogP contribution in [0.1, 0.15) is 0 Å². The molecular weight excluding hydrogens is 1010 g/mol. The summed E-state index contributed by atoms with van der Waals surface area (Å²) in [4.78, 5) is 16.6. The van der Waals surface area contributed by atoms with Crippen LogP contribution in [-0.2, 0) is 0 Å². The first-order valence-electron chi connectivity index (χ1n) is 26.1. The third-order valence-corrected chi connectivity index (χ3v) is 19.5. The molecule has 0 radical (unpaired) electrons. The Hall–Kier alpha value is -9.51. The first kappa shape index (κ1) is 42.7. The molecule has 0 saturated carbocycles. The van der Waals surface area contributed by atoms with Crippen LogP contribution in [0.25, 0.3) is 166 Å². The highest BCUT2D eigenvalue weighted by Gasteiger charge is 2.23. The van der Waals surface area contributed by atoms with Crippen LogP contribution >= 0.6 is 34.0 Å². The maximum Gasteiger partial charge on any atom is 0.238 e. The maximum absolute atomic E-state index is 5.55. The molecule has 6 nitrogen and oxygen atoms in total. The standard InChI is InChI=1S/C69H38N6S3/c1-7-25-55-43(19-1)49-36-64-52(46-22-4-10-28-61(46)76-64)33-58(49)73(55)41-17-13-15-39(31-41)67-70-68(72-69(71-67)75-57-27-9-3-21-45(57)51-38-66-54(35-60(51)75)48-24-6-12-30-63(48)78-66)40-16-14-18-42(32-40)74-56-26-8-2-20-44(56)50-37-65-53(34-59(50)74)47-23-5-11-29-62(47)77-65/h1-38H.